The lowest BCUT2D eigenvalue weighted by Gasteiger charge is -2.18. The lowest BCUT2D eigenvalue weighted by molar-refractivity contribution is -0.143. The van der Waals surface area contributed by atoms with Crippen LogP contribution in [0.4, 0.5) is 0 Å². The molecule has 18 heavy (non-hydrogen) atoms. The zero-order chi connectivity index (χ0) is 13.7. The van der Waals surface area contributed by atoms with Crippen molar-refractivity contribution in [2.75, 3.05) is 0 Å². The van der Waals surface area contributed by atoms with Crippen LogP contribution in [0.15, 0.2) is 24.3 Å². The van der Waals surface area contributed by atoms with Gasteiger partial charge < -0.3 is 10.4 Å². The Morgan fingerprint density at radius 3 is 2.39 bits per heavy atom. The normalized spacial score (nSPS) is 12.2. The smallest absolute Gasteiger partial charge is 0.326 e. The summed E-state index contributed by atoms with van der Waals surface area (Å²) >= 11 is 0. The van der Waals surface area contributed by atoms with Gasteiger partial charge in [0.25, 0.3) is 0 Å². The first-order valence-electron chi connectivity index (χ1n) is 5.98. The van der Waals surface area contributed by atoms with Crippen LogP contribution in [0.5, 0.6) is 0 Å². The maximum absolute atomic E-state index is 11.8. The van der Waals surface area contributed by atoms with Gasteiger partial charge in [0, 0.05) is 0 Å². The summed E-state index contributed by atoms with van der Waals surface area (Å²) in [6, 6.07) is 6.75. The van der Waals surface area contributed by atoms with E-state index in [1.54, 1.807) is 13.8 Å². The molecule has 98 valence electrons. The number of amides is 1. The van der Waals surface area contributed by atoms with E-state index in [9.17, 15) is 9.59 Å². The van der Waals surface area contributed by atoms with Gasteiger partial charge in [-0.3, -0.25) is 4.79 Å². The Morgan fingerprint density at radius 2 is 1.89 bits per heavy atom. The fourth-order valence-corrected chi connectivity index (χ4v) is 1.72. The summed E-state index contributed by atoms with van der Waals surface area (Å²) in [7, 11) is 0. The van der Waals surface area contributed by atoms with E-state index in [1.165, 1.54) is 0 Å². The Balaban J connectivity index is 2.67. The molecule has 0 aliphatic heterocycles. The Kier molecular flexibility index (Phi) is 4.89. The van der Waals surface area contributed by atoms with Gasteiger partial charge >= 0.3 is 5.97 Å². The van der Waals surface area contributed by atoms with Crippen LogP contribution in [0.2, 0.25) is 0 Å². The minimum atomic E-state index is -0.997. The van der Waals surface area contributed by atoms with E-state index in [-0.39, 0.29) is 18.2 Å². The van der Waals surface area contributed by atoms with Gasteiger partial charge in [-0.1, -0.05) is 38.1 Å². The van der Waals surface area contributed by atoms with Crippen molar-refractivity contribution in [3.8, 4) is 0 Å². The van der Waals surface area contributed by atoms with Crippen molar-refractivity contribution in [1.82, 2.24) is 5.32 Å². The van der Waals surface area contributed by atoms with E-state index in [1.807, 2.05) is 31.2 Å². The Hall–Kier alpha value is -1.84. The molecule has 0 bridgehead atoms. The van der Waals surface area contributed by atoms with Crippen LogP contribution in [0.3, 0.4) is 0 Å². The molecule has 1 aromatic rings. The van der Waals surface area contributed by atoms with E-state index in [0.29, 0.717) is 0 Å². The number of aryl methyl sites for hydroxylation is 1. The quantitative estimate of drug-likeness (QED) is 0.835. The van der Waals surface area contributed by atoms with Gasteiger partial charge in [-0.05, 0) is 24.0 Å². The Morgan fingerprint density at radius 1 is 1.28 bits per heavy atom. The highest BCUT2D eigenvalue weighted by Crippen LogP contribution is 2.08. The van der Waals surface area contributed by atoms with E-state index in [2.05, 4.69) is 5.32 Å². The minimum absolute atomic E-state index is 0.136. The first kappa shape index (κ1) is 14.2. The third-order valence-corrected chi connectivity index (χ3v) is 2.86. The van der Waals surface area contributed by atoms with Crippen LogP contribution < -0.4 is 5.32 Å². The van der Waals surface area contributed by atoms with Crippen molar-refractivity contribution in [3.63, 3.8) is 0 Å². The third kappa shape index (κ3) is 3.87. The van der Waals surface area contributed by atoms with Crippen molar-refractivity contribution in [3.05, 3.63) is 35.4 Å². The van der Waals surface area contributed by atoms with Crippen molar-refractivity contribution in [2.24, 2.45) is 5.92 Å². The molecule has 1 rings (SSSR count). The molecular formula is C14H19NO3. The molecule has 0 saturated heterocycles. The molecule has 0 radical (unpaired) electrons. The van der Waals surface area contributed by atoms with Crippen molar-refractivity contribution in [2.45, 2.75) is 33.2 Å². The van der Waals surface area contributed by atoms with Crippen LogP contribution in [0.25, 0.3) is 0 Å². The monoisotopic (exact) mass is 249 g/mol. The van der Waals surface area contributed by atoms with Gasteiger partial charge in [0.15, 0.2) is 0 Å². The molecule has 0 aromatic heterocycles. The lowest BCUT2D eigenvalue weighted by atomic mass is 10.0. The summed E-state index contributed by atoms with van der Waals surface area (Å²) in [5.74, 6) is -1.39. The summed E-state index contributed by atoms with van der Waals surface area (Å²) in [6.07, 6.45) is 0.211. The van der Waals surface area contributed by atoms with Crippen molar-refractivity contribution in [1.29, 1.82) is 0 Å². The summed E-state index contributed by atoms with van der Waals surface area (Å²) in [5.41, 5.74) is 1.95. The number of hydrogen-bond donors (Lipinski definition) is 2. The zero-order valence-corrected chi connectivity index (χ0v) is 10.9. The third-order valence-electron chi connectivity index (χ3n) is 2.86. The number of carbonyl (C=O) groups is 2. The first-order valence-corrected chi connectivity index (χ1v) is 5.98. The summed E-state index contributed by atoms with van der Waals surface area (Å²) < 4.78 is 0. The number of aliphatic carboxylic acids is 1. The Bertz CT molecular complexity index is 440. The number of carbonyl (C=O) groups excluding carboxylic acids is 1. The Labute approximate surface area is 107 Å². The van der Waals surface area contributed by atoms with Gasteiger partial charge in [-0.25, -0.2) is 4.79 Å². The van der Waals surface area contributed by atoms with Crippen LogP contribution >= 0.6 is 0 Å². The van der Waals surface area contributed by atoms with E-state index < -0.39 is 12.0 Å². The number of rotatable bonds is 5. The van der Waals surface area contributed by atoms with E-state index in [4.69, 9.17) is 5.11 Å². The molecule has 4 heteroatoms. The minimum Gasteiger partial charge on any atom is -0.480 e. The van der Waals surface area contributed by atoms with E-state index >= 15 is 0 Å². The summed E-state index contributed by atoms with van der Waals surface area (Å²) in [6.45, 7) is 5.47. The predicted octanol–water partition coefficient (Wildman–Crippen LogP) is 1.76. The second-order valence-corrected chi connectivity index (χ2v) is 4.73. The van der Waals surface area contributed by atoms with E-state index in [0.717, 1.165) is 11.1 Å². The number of benzene rings is 1. The molecule has 0 unspecified atom stereocenters. The molecule has 1 atom stereocenters. The fourth-order valence-electron chi connectivity index (χ4n) is 1.72. The number of carboxylic acid groups (broad SMARTS) is 1. The zero-order valence-electron chi connectivity index (χ0n) is 10.9. The standard InChI is InChI=1S/C14H19NO3/c1-9(2)13(14(17)18)15-12(16)8-11-7-5-4-6-10(11)3/h4-7,9,13H,8H2,1-3H3,(H,15,16)(H,17,18)/t13-/m1/s1. The fraction of sp³-hybridized carbons (Fsp3) is 0.429. The second kappa shape index (κ2) is 6.19. The molecule has 0 spiro atoms. The average molecular weight is 249 g/mol. The highest BCUT2D eigenvalue weighted by molar-refractivity contribution is 5.85. The number of carboxylic acids is 1. The predicted molar refractivity (Wildman–Crippen MR) is 69.3 cm³/mol. The topological polar surface area (TPSA) is 66.4 Å². The average Bonchev–Trinajstić information content (AvgIpc) is 2.28. The van der Waals surface area contributed by atoms with Crippen LogP contribution in [-0.4, -0.2) is 23.0 Å². The van der Waals surface area contributed by atoms with Gasteiger partial charge in [0.1, 0.15) is 6.04 Å². The molecule has 4 nitrogen and oxygen atoms in total. The molecule has 0 aliphatic rings. The number of hydrogen-bond acceptors (Lipinski definition) is 2. The number of nitrogens with one attached hydrogen (secondary N) is 1. The maximum Gasteiger partial charge on any atom is 0.326 e. The second-order valence-electron chi connectivity index (χ2n) is 4.73. The largest absolute Gasteiger partial charge is 0.480 e. The van der Waals surface area contributed by atoms with Crippen LogP contribution in [0, 0.1) is 12.8 Å². The molecule has 0 saturated carbocycles. The molecule has 0 fully saturated rings. The lowest BCUT2D eigenvalue weighted by Crippen LogP contribution is -2.44. The molecule has 0 heterocycles. The van der Waals surface area contributed by atoms with Crippen LogP contribution in [-0.2, 0) is 16.0 Å². The van der Waals surface area contributed by atoms with Gasteiger partial charge in [-0.2, -0.15) is 0 Å². The van der Waals surface area contributed by atoms with Gasteiger partial charge in [0.2, 0.25) is 5.91 Å². The highest BCUT2D eigenvalue weighted by atomic mass is 16.4. The highest BCUT2D eigenvalue weighted by Gasteiger charge is 2.23. The van der Waals surface area contributed by atoms with Gasteiger partial charge in [0.05, 0.1) is 6.42 Å². The molecule has 1 aromatic carbocycles. The molecule has 1 amide bonds. The molecular weight excluding hydrogens is 230 g/mol. The van der Waals surface area contributed by atoms with Crippen LogP contribution in [0.1, 0.15) is 25.0 Å². The summed E-state index contributed by atoms with van der Waals surface area (Å²) in [5, 5.41) is 11.6. The van der Waals surface area contributed by atoms with Crippen molar-refractivity contribution < 1.29 is 14.7 Å². The van der Waals surface area contributed by atoms with Crippen molar-refractivity contribution >= 4 is 11.9 Å². The van der Waals surface area contributed by atoms with Gasteiger partial charge in [-0.15, -0.1) is 0 Å². The molecule has 0 aliphatic carbocycles. The first-order chi connectivity index (χ1) is 8.41. The SMILES string of the molecule is Cc1ccccc1CC(=O)N[C@@H](C(=O)O)C(C)C. The maximum atomic E-state index is 11.8. The molecule has 2 N–H and O–H groups in total. The summed E-state index contributed by atoms with van der Waals surface area (Å²) in [4.78, 5) is 22.8.